The van der Waals surface area contributed by atoms with Crippen molar-refractivity contribution >= 4 is 11.6 Å². The number of anilines is 2. The van der Waals surface area contributed by atoms with Gasteiger partial charge in [0.05, 0.1) is 50.8 Å². The second-order valence-corrected chi connectivity index (χ2v) is 13.7. The topological polar surface area (TPSA) is 163 Å². The second kappa shape index (κ2) is 16.4. The van der Waals surface area contributed by atoms with Gasteiger partial charge in [0.1, 0.15) is 36.5 Å². The predicted octanol–water partition coefficient (Wildman–Crippen LogP) is 5.10. The molecule has 15 nitrogen and oxygen atoms in total. The van der Waals surface area contributed by atoms with Gasteiger partial charge in [-0.3, -0.25) is 9.58 Å². The largest absolute Gasteiger partial charge is 0.487 e. The van der Waals surface area contributed by atoms with E-state index in [1.54, 1.807) is 35.3 Å². The van der Waals surface area contributed by atoms with Crippen LogP contribution in [-0.4, -0.2) is 108 Å². The molecule has 7 rings (SSSR count). The lowest BCUT2D eigenvalue weighted by molar-refractivity contribution is -0.174. The van der Waals surface area contributed by atoms with Crippen LogP contribution in [0.15, 0.2) is 43.1 Å². The number of alkyl halides is 3. The average molecular weight is 738 g/mol. The molecule has 1 N–H and O–H groups in total. The molecular formula is C35H42F3N11O4. The van der Waals surface area contributed by atoms with Crippen molar-refractivity contribution in [3.05, 3.63) is 48.7 Å². The van der Waals surface area contributed by atoms with Gasteiger partial charge in [-0.1, -0.05) is 6.07 Å². The maximum absolute atomic E-state index is 12.5. The predicted molar refractivity (Wildman–Crippen MR) is 183 cm³/mol. The smallest absolute Gasteiger partial charge is 0.411 e. The van der Waals surface area contributed by atoms with E-state index in [0.29, 0.717) is 59.1 Å². The number of nitriles is 1. The number of fused-ring (bicyclic) bond motifs is 2. The minimum absolute atomic E-state index is 0.0958. The Labute approximate surface area is 304 Å². The fraction of sp³-hybridized carbons (Fsp3) is 0.571. The summed E-state index contributed by atoms with van der Waals surface area (Å²) in [6.45, 7) is 2.63. The van der Waals surface area contributed by atoms with Gasteiger partial charge in [-0.15, -0.1) is 10.2 Å². The SMILES string of the molecule is C[C@@H](Cn1cnnn1)Oc1cc(-c2cnc(Nc3cn(C4CCC(N5[C@@H]6CC[C@H]5COC6)CC4)nc3OCCCOCC(F)(F)F)nc2)ccc1C#N. The highest BCUT2D eigenvalue weighted by atomic mass is 19.4. The molecule has 1 saturated carbocycles. The van der Waals surface area contributed by atoms with E-state index in [-0.39, 0.29) is 31.8 Å². The number of nitrogens with one attached hydrogen (secondary N) is 1. The first-order valence-corrected chi connectivity index (χ1v) is 17.9. The van der Waals surface area contributed by atoms with Crippen molar-refractivity contribution in [2.75, 3.05) is 38.4 Å². The number of halogens is 3. The number of rotatable bonds is 15. The van der Waals surface area contributed by atoms with Gasteiger partial charge < -0.3 is 24.3 Å². The lowest BCUT2D eigenvalue weighted by Gasteiger charge is -2.43. The number of morpholine rings is 1. The van der Waals surface area contributed by atoms with E-state index in [2.05, 4.69) is 41.8 Å². The summed E-state index contributed by atoms with van der Waals surface area (Å²) in [5.41, 5.74) is 2.39. The molecule has 0 radical (unpaired) electrons. The number of aromatic nitrogens is 8. The third-order valence-electron chi connectivity index (χ3n) is 9.89. The summed E-state index contributed by atoms with van der Waals surface area (Å²) in [6.07, 6.45) is 8.73. The maximum atomic E-state index is 12.5. The Morgan fingerprint density at radius 3 is 2.43 bits per heavy atom. The van der Waals surface area contributed by atoms with Gasteiger partial charge in [0.25, 0.3) is 5.88 Å². The van der Waals surface area contributed by atoms with Crippen LogP contribution in [0.5, 0.6) is 11.6 Å². The molecule has 3 aromatic heterocycles. The first kappa shape index (κ1) is 36.5. The molecule has 0 amide bonds. The lowest BCUT2D eigenvalue weighted by atomic mass is 9.89. The molecule has 4 aromatic rings. The van der Waals surface area contributed by atoms with Crippen molar-refractivity contribution in [2.45, 2.75) is 94.9 Å². The summed E-state index contributed by atoms with van der Waals surface area (Å²) < 4.78 is 63.5. The van der Waals surface area contributed by atoms with Crippen LogP contribution < -0.4 is 14.8 Å². The van der Waals surface area contributed by atoms with E-state index in [0.717, 1.165) is 44.5 Å². The lowest BCUT2D eigenvalue weighted by Crippen LogP contribution is -2.52. The molecule has 2 aliphatic heterocycles. The van der Waals surface area contributed by atoms with Crippen molar-refractivity contribution in [3.8, 4) is 28.8 Å². The highest BCUT2D eigenvalue weighted by molar-refractivity contribution is 5.67. The Kier molecular flexibility index (Phi) is 11.3. The molecule has 3 aliphatic rings. The minimum atomic E-state index is -4.38. The Morgan fingerprint density at radius 2 is 1.74 bits per heavy atom. The zero-order valence-corrected chi connectivity index (χ0v) is 29.4. The second-order valence-electron chi connectivity index (χ2n) is 13.7. The number of ether oxygens (including phenoxy) is 4. The fourth-order valence-electron chi connectivity index (χ4n) is 7.48. The molecule has 53 heavy (non-hydrogen) atoms. The average Bonchev–Trinajstić information content (AvgIpc) is 3.87. The van der Waals surface area contributed by atoms with Crippen LogP contribution >= 0.6 is 0 Å². The zero-order valence-electron chi connectivity index (χ0n) is 29.4. The minimum Gasteiger partial charge on any atom is -0.487 e. The Morgan fingerprint density at radius 1 is 1.00 bits per heavy atom. The van der Waals surface area contributed by atoms with E-state index in [1.165, 1.54) is 19.2 Å². The third kappa shape index (κ3) is 9.21. The highest BCUT2D eigenvalue weighted by Crippen LogP contribution is 2.39. The standard InChI is InChI=1S/C35H42F3N11O4/c1-23(17-47-22-42-45-46-47)53-32-13-24(3-4-25(32)14-39)26-15-40-34(41-16-26)43-31-18-48(44-33(31)52-12-2-11-50-21-35(36,37)38)27-5-7-28(8-6-27)49-29-9-10-30(49)20-51-19-29/h3-4,13,15-16,18,22-23,27-30H,2,5-12,17,19-21H2,1H3,(H,40,41,43)/t23-,27?,28?,29-,30+/m0/s1. The van der Waals surface area contributed by atoms with Crippen LogP contribution in [0.4, 0.5) is 24.8 Å². The van der Waals surface area contributed by atoms with Gasteiger partial charge in [-0.2, -0.15) is 18.4 Å². The third-order valence-corrected chi connectivity index (χ3v) is 9.89. The first-order valence-electron chi connectivity index (χ1n) is 17.9. The molecule has 282 valence electrons. The molecule has 2 bridgehead atoms. The van der Waals surface area contributed by atoms with Crippen molar-refractivity contribution in [1.82, 2.24) is 44.9 Å². The number of benzene rings is 1. The maximum Gasteiger partial charge on any atom is 0.411 e. The van der Waals surface area contributed by atoms with Gasteiger partial charge >= 0.3 is 6.18 Å². The molecule has 2 saturated heterocycles. The molecule has 3 fully saturated rings. The quantitative estimate of drug-likeness (QED) is 0.161. The van der Waals surface area contributed by atoms with Crippen LogP contribution in [0.3, 0.4) is 0 Å². The van der Waals surface area contributed by atoms with E-state index >= 15 is 0 Å². The number of nitrogens with zero attached hydrogens (tertiary/aromatic N) is 10. The summed E-state index contributed by atoms with van der Waals surface area (Å²) in [5, 5.41) is 28.8. The van der Waals surface area contributed by atoms with Gasteiger partial charge in [0.2, 0.25) is 5.95 Å². The van der Waals surface area contributed by atoms with Gasteiger partial charge in [0.15, 0.2) is 0 Å². The van der Waals surface area contributed by atoms with Crippen LogP contribution in [-0.2, 0) is 16.0 Å². The van der Waals surface area contributed by atoms with Crippen LogP contribution in [0.1, 0.15) is 63.5 Å². The summed E-state index contributed by atoms with van der Waals surface area (Å²) >= 11 is 0. The summed E-state index contributed by atoms with van der Waals surface area (Å²) in [5.74, 6) is 1.03. The van der Waals surface area contributed by atoms with Crippen molar-refractivity contribution in [1.29, 1.82) is 5.26 Å². The molecule has 18 heteroatoms. The molecule has 1 aliphatic carbocycles. The number of hydrogen-bond acceptors (Lipinski definition) is 13. The van der Waals surface area contributed by atoms with E-state index in [1.807, 2.05) is 17.8 Å². The Balaban J connectivity index is 1.02. The van der Waals surface area contributed by atoms with Crippen LogP contribution in [0.2, 0.25) is 0 Å². The van der Waals surface area contributed by atoms with Crippen molar-refractivity contribution < 1.29 is 32.1 Å². The number of hydrogen-bond donors (Lipinski definition) is 1. The van der Waals surface area contributed by atoms with E-state index < -0.39 is 12.8 Å². The zero-order chi connectivity index (χ0) is 36.8. The highest BCUT2D eigenvalue weighted by Gasteiger charge is 2.42. The summed E-state index contributed by atoms with van der Waals surface area (Å²) in [6, 6.07) is 9.18. The van der Waals surface area contributed by atoms with Crippen LogP contribution in [0.25, 0.3) is 11.1 Å². The molecule has 3 atom stereocenters. The summed E-state index contributed by atoms with van der Waals surface area (Å²) in [7, 11) is 0. The Hall–Kier alpha value is -4.86. The fourth-order valence-corrected chi connectivity index (χ4v) is 7.48. The number of tetrazole rings is 1. The van der Waals surface area contributed by atoms with E-state index in [9.17, 15) is 18.4 Å². The molecule has 5 heterocycles. The normalized spacial score (nSPS) is 22.3. The Bertz CT molecular complexity index is 1810. The van der Waals surface area contributed by atoms with E-state index in [4.69, 9.17) is 24.0 Å². The molecule has 0 spiro atoms. The first-order chi connectivity index (χ1) is 25.7. The van der Waals surface area contributed by atoms with Crippen molar-refractivity contribution in [3.63, 3.8) is 0 Å². The van der Waals surface area contributed by atoms with Gasteiger partial charge in [0, 0.05) is 42.5 Å². The summed E-state index contributed by atoms with van der Waals surface area (Å²) in [4.78, 5) is 11.8. The molecule has 1 aromatic carbocycles. The van der Waals surface area contributed by atoms with Crippen LogP contribution in [0, 0.1) is 11.3 Å². The van der Waals surface area contributed by atoms with Gasteiger partial charge in [-0.25, -0.2) is 14.6 Å². The van der Waals surface area contributed by atoms with Gasteiger partial charge in [-0.05, 0) is 73.6 Å². The van der Waals surface area contributed by atoms with Crippen molar-refractivity contribution in [2.24, 2.45) is 0 Å². The molecular weight excluding hydrogens is 695 g/mol. The monoisotopic (exact) mass is 737 g/mol. The molecule has 0 unspecified atom stereocenters.